The van der Waals surface area contributed by atoms with E-state index in [0.717, 1.165) is 18.9 Å². The Morgan fingerprint density at radius 1 is 0.726 bits per heavy atom. The third kappa shape index (κ3) is 23.5. The highest BCUT2D eigenvalue weighted by atomic mass is 29.9. The van der Waals surface area contributed by atoms with Crippen molar-refractivity contribution in [2.45, 2.75) is 97.7 Å². The van der Waals surface area contributed by atoms with Crippen molar-refractivity contribution in [1.29, 1.82) is 0 Å². The average molecular weight is 1070 g/mol. The molecule has 62 heavy (non-hydrogen) atoms. The molecule has 0 saturated carbocycles. The molecule has 1 unspecified atom stereocenters. The molecule has 1 atom stereocenters. The number of hydrogen-bond acceptors (Lipinski definition) is 16. The highest BCUT2D eigenvalue weighted by molar-refractivity contribution is 7.60. The lowest BCUT2D eigenvalue weighted by Crippen LogP contribution is -2.58. The molecule has 0 saturated heterocycles. The zero-order valence-corrected chi connectivity index (χ0v) is 51.5. The molecule has 1 aromatic heterocycles. The first kappa shape index (κ1) is 62.5. The number of hydrogen-bond donors (Lipinski definition) is 1. The Hall–Kier alpha value is -1.61. The van der Waals surface area contributed by atoms with Gasteiger partial charge in [-0.1, -0.05) is 42.5 Å². The summed E-state index contributed by atoms with van der Waals surface area (Å²) in [7, 11) is -19.5. The lowest BCUT2D eigenvalue weighted by atomic mass is 10.4. The fourth-order valence-corrected chi connectivity index (χ4v) is 65.9. The van der Waals surface area contributed by atoms with Crippen LogP contribution in [0.2, 0.25) is 78.1 Å². The van der Waals surface area contributed by atoms with Crippen LogP contribution in [0.5, 0.6) is 0 Å². The minimum Gasteiger partial charge on any atom is -0.457 e. The predicted octanol–water partition coefficient (Wildman–Crippen LogP) is -0.247. The van der Waals surface area contributed by atoms with Gasteiger partial charge in [0.1, 0.15) is 0 Å². The van der Waals surface area contributed by atoms with Gasteiger partial charge in [-0.15, -0.1) is 13.2 Å². The first-order valence-electron chi connectivity index (χ1n) is 19.5. The first-order valence-corrected chi connectivity index (χ1v) is 48.9. The number of allylic oxidation sites excluding steroid dienone is 2. The summed E-state index contributed by atoms with van der Waals surface area (Å²) in [6.07, 6.45) is 2.82. The summed E-state index contributed by atoms with van der Waals surface area (Å²) in [6.45, 7) is 29.2. The second-order valence-corrected chi connectivity index (χ2v) is 59.1. The molecule has 0 bridgehead atoms. The van der Waals surface area contributed by atoms with Gasteiger partial charge in [-0.25, -0.2) is 28.1 Å². The number of nitrogens with zero attached hydrogens (tertiary/aromatic N) is 3. The van der Waals surface area contributed by atoms with Gasteiger partial charge in [0.25, 0.3) is 0 Å². The van der Waals surface area contributed by atoms with E-state index in [1.165, 1.54) is 33.5 Å². The minimum atomic E-state index is -3.13. The summed E-state index contributed by atoms with van der Waals surface area (Å²) in [5.41, 5.74) is -2.12. The van der Waals surface area contributed by atoms with E-state index in [0.29, 0.717) is 0 Å². The monoisotopic (exact) mass is 1070 g/mol. The molecule has 1 aromatic carbocycles. The fraction of sp³-hybridized carbons (Fsp3) is 0.581. The van der Waals surface area contributed by atoms with Gasteiger partial charge in [-0.3, -0.25) is 8.92 Å². The van der Waals surface area contributed by atoms with Gasteiger partial charge in [-0.2, -0.15) is 0 Å². The highest BCUT2D eigenvalue weighted by Gasteiger charge is 2.41. The van der Waals surface area contributed by atoms with E-state index in [9.17, 15) is 32.6 Å². The maximum absolute atomic E-state index is 12.5. The van der Waals surface area contributed by atoms with E-state index in [1.807, 2.05) is 102 Å². The SMILES string of the molecule is C=CCn1c(=O)n(CC=C)c(=O)n(CC[Si](OC)(OC)OC)c1=O.C[SiH](C)O[Si](O)(O[SiH](C)C)c1ccccc1.C[SiH](O[Si](C)(C)C)[Si](=O)[Si](=O)[Si](=O)[SiH2]O[Si](C)(C)C.O=[Si]=O. The van der Waals surface area contributed by atoms with E-state index in [4.69, 9.17) is 38.7 Å². The van der Waals surface area contributed by atoms with Gasteiger partial charge in [0.15, 0.2) is 34.7 Å². The zero-order valence-electron chi connectivity index (χ0n) is 38.6. The van der Waals surface area contributed by atoms with Crippen LogP contribution >= 0.6 is 0 Å². The van der Waals surface area contributed by atoms with E-state index in [-0.39, 0.29) is 25.7 Å². The standard InChI is InChI=1S/C14H23N3O6Si.C10H20O3Si3.C7H24O5Si7.O2Si/c1-6-8-15-12(18)16(9-7-2)14(20)17(13(15)19)10-11-24(21-3,22-4)23-5;1-14(2)12-16(11,13-15(3)4)10-8-6-5-7-9-10;1-14(12-19(5,6)7)16(9)17(10)15(8)13-11-18(2,3)4;1-3-2/h6-7H,1-2,8-11H2,3-5H3;5-9,11,14-15H,1-4H3;14H,13H2,1-7H3;. The summed E-state index contributed by atoms with van der Waals surface area (Å²) in [4.78, 5) is 47.8. The molecule has 2 aromatic rings. The van der Waals surface area contributed by atoms with Gasteiger partial charge in [-0.05, 0) is 72.0 Å². The lowest BCUT2D eigenvalue weighted by molar-refractivity contribution is 0.121. The third-order valence-corrected chi connectivity index (χ3v) is 56.8. The van der Waals surface area contributed by atoms with Crippen LogP contribution < -0.4 is 22.3 Å². The van der Waals surface area contributed by atoms with Crippen molar-refractivity contribution in [2.75, 3.05) is 21.3 Å². The van der Waals surface area contributed by atoms with Gasteiger partial charge in [0.2, 0.25) is 17.8 Å². The van der Waals surface area contributed by atoms with Crippen LogP contribution in [0.4, 0.5) is 0 Å². The van der Waals surface area contributed by atoms with Gasteiger partial charge < -0.3 is 47.9 Å². The Bertz CT molecular complexity index is 1890. The van der Waals surface area contributed by atoms with Crippen molar-refractivity contribution in [3.8, 4) is 0 Å². The van der Waals surface area contributed by atoms with Crippen LogP contribution in [0.15, 0.2) is 70.0 Å². The van der Waals surface area contributed by atoms with Crippen LogP contribution in [0.3, 0.4) is 0 Å². The quantitative estimate of drug-likeness (QED) is 0.112. The molecule has 0 amide bonds. The Kier molecular flexibility index (Phi) is 30.8. The number of aromatic nitrogens is 3. The summed E-state index contributed by atoms with van der Waals surface area (Å²) in [6, 6.07) is 9.72. The number of benzene rings is 1. The number of rotatable bonds is 23. The van der Waals surface area contributed by atoms with Crippen molar-refractivity contribution < 1.29 is 56.8 Å². The molecule has 0 aliphatic carbocycles. The second kappa shape index (κ2) is 30.6. The summed E-state index contributed by atoms with van der Waals surface area (Å²) >= 11 is 0. The fourth-order valence-electron chi connectivity index (χ4n) is 4.95. The van der Waals surface area contributed by atoms with Crippen molar-refractivity contribution in [3.63, 3.8) is 0 Å². The maximum atomic E-state index is 12.5. The molecular formula is C31H67N3O16Si12. The molecular weight excluding hydrogens is 1010 g/mol. The van der Waals surface area contributed by atoms with Gasteiger partial charge in [0, 0.05) is 39.1 Å². The second-order valence-electron chi connectivity index (χ2n) is 15.6. The van der Waals surface area contributed by atoms with Crippen LogP contribution in [0.1, 0.15) is 0 Å². The molecule has 2 rings (SSSR count). The first-order chi connectivity index (χ1) is 28.6. The van der Waals surface area contributed by atoms with Gasteiger partial charge in [0.05, 0.1) is 13.1 Å². The van der Waals surface area contributed by atoms with Gasteiger partial charge >= 0.3 is 67.1 Å². The largest absolute Gasteiger partial charge is 0.549 e. The van der Waals surface area contributed by atoms with E-state index < -0.39 is 120 Å². The van der Waals surface area contributed by atoms with Crippen LogP contribution in [-0.2, 0) is 71.7 Å². The molecule has 0 fully saturated rings. The van der Waals surface area contributed by atoms with Crippen LogP contribution in [0, 0.1) is 0 Å². The molecule has 0 aliphatic heterocycles. The smallest absolute Gasteiger partial charge is 0.457 e. The normalized spacial score (nSPS) is 12.3. The minimum absolute atomic E-state index is 0.00348. The van der Waals surface area contributed by atoms with E-state index in [2.05, 4.69) is 13.2 Å². The summed E-state index contributed by atoms with van der Waals surface area (Å²) < 4.78 is 94.7. The Morgan fingerprint density at radius 2 is 1.13 bits per heavy atom. The highest BCUT2D eigenvalue weighted by Crippen LogP contribution is 2.13. The van der Waals surface area contributed by atoms with Crippen LogP contribution in [0.25, 0.3) is 0 Å². The molecule has 31 heteroatoms. The van der Waals surface area contributed by atoms with Crippen molar-refractivity contribution >= 4 is 108 Å². The van der Waals surface area contributed by atoms with Crippen molar-refractivity contribution in [3.05, 3.63) is 87.1 Å². The maximum Gasteiger partial charge on any atom is 0.549 e. The Labute approximate surface area is 382 Å². The molecule has 1 N–H and O–H groups in total. The summed E-state index contributed by atoms with van der Waals surface area (Å²) in [5.74, 6) is 0. The average Bonchev–Trinajstić information content (AvgIpc) is 3.18. The molecule has 19 nitrogen and oxygen atoms in total. The topological polar surface area (TPSA) is 236 Å². The molecule has 0 spiro atoms. The van der Waals surface area contributed by atoms with Crippen molar-refractivity contribution in [2.24, 2.45) is 0 Å². The van der Waals surface area contributed by atoms with Crippen molar-refractivity contribution in [1.82, 2.24) is 13.7 Å². The molecule has 1 heterocycles. The lowest BCUT2D eigenvalue weighted by Gasteiger charge is -2.28. The van der Waals surface area contributed by atoms with E-state index in [1.54, 1.807) is 0 Å². The zero-order chi connectivity index (χ0) is 48.6. The summed E-state index contributed by atoms with van der Waals surface area (Å²) in [5, 5.41) is 0.817. The molecule has 0 aliphatic rings. The third-order valence-electron chi connectivity index (χ3n) is 7.53. The van der Waals surface area contributed by atoms with Crippen LogP contribution in [-0.4, -0.2) is 142 Å². The van der Waals surface area contributed by atoms with E-state index >= 15 is 0 Å². The molecule has 0 radical (unpaired) electrons. The Morgan fingerprint density at radius 3 is 1.47 bits per heavy atom. The Balaban J connectivity index is 0. The predicted molar refractivity (Wildman–Crippen MR) is 262 cm³/mol. The molecule has 350 valence electrons.